The number of aromatic nitrogens is 1. The van der Waals surface area contributed by atoms with E-state index in [1.54, 1.807) is 36.7 Å². The summed E-state index contributed by atoms with van der Waals surface area (Å²) in [7, 11) is 0. The second kappa shape index (κ2) is 3.79. The minimum atomic E-state index is -0.131. The summed E-state index contributed by atoms with van der Waals surface area (Å²) in [5.41, 5.74) is 7.13. The summed E-state index contributed by atoms with van der Waals surface area (Å²) >= 11 is 5.92. The number of halogens is 1. The highest BCUT2D eigenvalue weighted by Gasteiger charge is 2.13. The fourth-order valence-electron chi connectivity index (χ4n) is 1.34. The summed E-state index contributed by atoms with van der Waals surface area (Å²) in [6.07, 6.45) is 3.31. The van der Waals surface area contributed by atoms with Gasteiger partial charge in [-0.3, -0.25) is 4.79 Å². The Balaban J connectivity index is 2.46. The molecule has 2 aromatic rings. The fourth-order valence-corrected chi connectivity index (χ4v) is 1.54. The largest absolute Gasteiger partial charge is 0.399 e. The van der Waals surface area contributed by atoms with Crippen molar-refractivity contribution in [2.24, 2.45) is 0 Å². The van der Waals surface area contributed by atoms with E-state index in [-0.39, 0.29) is 5.78 Å². The van der Waals surface area contributed by atoms with Gasteiger partial charge in [-0.25, -0.2) is 0 Å². The Morgan fingerprint density at radius 3 is 2.80 bits per heavy atom. The number of hydrogen-bond donors (Lipinski definition) is 2. The number of ketones is 1. The van der Waals surface area contributed by atoms with Crippen molar-refractivity contribution in [1.29, 1.82) is 0 Å². The van der Waals surface area contributed by atoms with Crippen molar-refractivity contribution in [3.63, 3.8) is 0 Å². The first-order valence-corrected chi connectivity index (χ1v) is 4.79. The standard InChI is InChI=1S/C11H9ClN2O/c12-10-2-1-8(13)5-9(10)11(15)7-3-4-14-6-7/h1-6,14H,13H2. The first-order chi connectivity index (χ1) is 7.18. The van der Waals surface area contributed by atoms with Crippen LogP contribution in [0.5, 0.6) is 0 Å². The van der Waals surface area contributed by atoms with Crippen LogP contribution in [0.15, 0.2) is 36.7 Å². The highest BCUT2D eigenvalue weighted by molar-refractivity contribution is 6.35. The van der Waals surface area contributed by atoms with E-state index in [0.717, 1.165) is 0 Å². The molecule has 1 aromatic carbocycles. The van der Waals surface area contributed by atoms with E-state index in [1.165, 1.54) is 0 Å². The second-order valence-corrected chi connectivity index (χ2v) is 3.58. The molecule has 0 atom stereocenters. The van der Waals surface area contributed by atoms with Crippen molar-refractivity contribution in [2.75, 3.05) is 5.73 Å². The van der Waals surface area contributed by atoms with Gasteiger partial charge in [-0.1, -0.05) is 11.6 Å². The molecule has 1 heterocycles. The zero-order valence-electron chi connectivity index (χ0n) is 7.83. The summed E-state index contributed by atoms with van der Waals surface area (Å²) in [5.74, 6) is -0.131. The Hall–Kier alpha value is -1.74. The Morgan fingerprint density at radius 2 is 2.13 bits per heavy atom. The smallest absolute Gasteiger partial charge is 0.196 e. The first-order valence-electron chi connectivity index (χ1n) is 4.41. The van der Waals surface area contributed by atoms with Gasteiger partial charge in [0.05, 0.1) is 5.02 Å². The van der Waals surface area contributed by atoms with Crippen molar-refractivity contribution in [1.82, 2.24) is 4.98 Å². The number of carbonyl (C=O) groups excluding carboxylic acids is 1. The molecule has 2 rings (SSSR count). The molecule has 0 aliphatic rings. The molecule has 0 aliphatic carbocycles. The number of carbonyl (C=O) groups is 1. The van der Waals surface area contributed by atoms with E-state index in [2.05, 4.69) is 4.98 Å². The molecule has 0 saturated carbocycles. The third kappa shape index (κ3) is 1.87. The molecule has 0 amide bonds. The number of H-pyrrole nitrogens is 1. The van der Waals surface area contributed by atoms with Crippen LogP contribution in [0.25, 0.3) is 0 Å². The lowest BCUT2D eigenvalue weighted by atomic mass is 10.1. The number of benzene rings is 1. The molecular formula is C11H9ClN2O. The molecule has 15 heavy (non-hydrogen) atoms. The maximum Gasteiger partial charge on any atom is 0.196 e. The number of aromatic amines is 1. The summed E-state index contributed by atoms with van der Waals surface area (Å²) in [4.78, 5) is 14.7. The molecule has 0 saturated heterocycles. The fraction of sp³-hybridized carbons (Fsp3) is 0. The van der Waals surface area contributed by atoms with Gasteiger partial charge >= 0.3 is 0 Å². The van der Waals surface area contributed by atoms with E-state index in [9.17, 15) is 4.79 Å². The SMILES string of the molecule is Nc1ccc(Cl)c(C(=O)c2cc[nH]c2)c1. The zero-order valence-corrected chi connectivity index (χ0v) is 8.58. The van der Waals surface area contributed by atoms with Crippen LogP contribution in [-0.2, 0) is 0 Å². The lowest BCUT2D eigenvalue weighted by Gasteiger charge is -2.02. The van der Waals surface area contributed by atoms with Crippen molar-refractivity contribution >= 4 is 23.1 Å². The first kappa shape index (κ1) is 9.80. The average Bonchev–Trinajstić information content (AvgIpc) is 2.74. The van der Waals surface area contributed by atoms with Gasteiger partial charge in [-0.15, -0.1) is 0 Å². The maximum atomic E-state index is 11.9. The number of nitrogens with one attached hydrogen (secondary N) is 1. The third-order valence-electron chi connectivity index (χ3n) is 2.10. The van der Waals surface area contributed by atoms with E-state index >= 15 is 0 Å². The zero-order chi connectivity index (χ0) is 10.8. The van der Waals surface area contributed by atoms with Gasteiger partial charge in [0, 0.05) is 29.2 Å². The molecule has 0 aliphatic heterocycles. The highest BCUT2D eigenvalue weighted by Crippen LogP contribution is 2.21. The summed E-state index contributed by atoms with van der Waals surface area (Å²) < 4.78 is 0. The van der Waals surface area contributed by atoms with Crippen LogP contribution >= 0.6 is 11.6 Å². The molecule has 0 bridgehead atoms. The molecule has 0 radical (unpaired) electrons. The Morgan fingerprint density at radius 1 is 1.33 bits per heavy atom. The summed E-state index contributed by atoms with van der Waals surface area (Å²) in [5, 5.41) is 0.412. The highest BCUT2D eigenvalue weighted by atomic mass is 35.5. The van der Waals surface area contributed by atoms with Crippen molar-refractivity contribution in [3.8, 4) is 0 Å². The minimum Gasteiger partial charge on any atom is -0.399 e. The van der Waals surface area contributed by atoms with Crippen molar-refractivity contribution in [2.45, 2.75) is 0 Å². The van der Waals surface area contributed by atoms with Gasteiger partial charge in [0.2, 0.25) is 0 Å². The Labute approximate surface area is 91.9 Å². The maximum absolute atomic E-state index is 11.9. The molecular weight excluding hydrogens is 212 g/mol. The lowest BCUT2D eigenvalue weighted by Crippen LogP contribution is -2.01. The Kier molecular flexibility index (Phi) is 2.47. The molecule has 3 nitrogen and oxygen atoms in total. The molecule has 76 valence electrons. The number of rotatable bonds is 2. The van der Waals surface area contributed by atoms with E-state index in [4.69, 9.17) is 17.3 Å². The van der Waals surface area contributed by atoms with Crippen LogP contribution < -0.4 is 5.73 Å². The van der Waals surface area contributed by atoms with Gasteiger partial charge in [-0.2, -0.15) is 0 Å². The predicted octanol–water partition coefficient (Wildman–Crippen LogP) is 2.48. The predicted molar refractivity (Wildman–Crippen MR) is 60.1 cm³/mol. The monoisotopic (exact) mass is 220 g/mol. The third-order valence-corrected chi connectivity index (χ3v) is 2.42. The topological polar surface area (TPSA) is 58.9 Å². The quantitative estimate of drug-likeness (QED) is 0.604. The number of nitrogen functional groups attached to an aromatic ring is 1. The molecule has 1 aromatic heterocycles. The van der Waals surface area contributed by atoms with E-state index < -0.39 is 0 Å². The van der Waals surface area contributed by atoms with Crippen molar-refractivity contribution < 1.29 is 4.79 Å². The average molecular weight is 221 g/mol. The van der Waals surface area contributed by atoms with Gasteiger partial charge in [0.1, 0.15) is 0 Å². The van der Waals surface area contributed by atoms with Crippen LogP contribution in [-0.4, -0.2) is 10.8 Å². The van der Waals surface area contributed by atoms with Gasteiger partial charge < -0.3 is 10.7 Å². The van der Waals surface area contributed by atoms with E-state index in [1.807, 2.05) is 0 Å². The van der Waals surface area contributed by atoms with Crippen molar-refractivity contribution in [3.05, 3.63) is 52.8 Å². The molecule has 4 heteroatoms. The lowest BCUT2D eigenvalue weighted by molar-refractivity contribution is 0.103. The van der Waals surface area contributed by atoms with Gasteiger partial charge in [-0.05, 0) is 24.3 Å². The van der Waals surface area contributed by atoms with Gasteiger partial charge in [0.25, 0.3) is 0 Å². The normalized spacial score (nSPS) is 10.2. The molecule has 0 spiro atoms. The molecule has 3 N–H and O–H groups in total. The van der Waals surface area contributed by atoms with Crippen LogP contribution in [0.2, 0.25) is 5.02 Å². The van der Waals surface area contributed by atoms with E-state index in [0.29, 0.717) is 21.8 Å². The Bertz CT molecular complexity index is 491. The number of nitrogens with two attached hydrogens (primary N) is 1. The second-order valence-electron chi connectivity index (χ2n) is 3.17. The minimum absolute atomic E-state index is 0.131. The summed E-state index contributed by atoms with van der Waals surface area (Å²) in [6.45, 7) is 0. The number of anilines is 1. The molecule has 0 unspecified atom stereocenters. The van der Waals surface area contributed by atoms with Crippen LogP contribution in [0.1, 0.15) is 15.9 Å². The molecule has 0 fully saturated rings. The summed E-state index contributed by atoms with van der Waals surface area (Å²) in [6, 6.07) is 6.56. The van der Waals surface area contributed by atoms with Crippen LogP contribution in [0.4, 0.5) is 5.69 Å². The number of hydrogen-bond acceptors (Lipinski definition) is 2. The van der Waals surface area contributed by atoms with Crippen LogP contribution in [0, 0.1) is 0 Å². The van der Waals surface area contributed by atoms with Gasteiger partial charge in [0.15, 0.2) is 5.78 Å². The van der Waals surface area contributed by atoms with Crippen LogP contribution in [0.3, 0.4) is 0 Å².